The molecule has 0 saturated carbocycles. The fourth-order valence-corrected chi connectivity index (χ4v) is 2.74. The van der Waals surface area contributed by atoms with Crippen LogP contribution in [0, 0.1) is 5.82 Å². The van der Waals surface area contributed by atoms with Crippen LogP contribution in [0.2, 0.25) is 0 Å². The number of aliphatic hydroxyl groups excluding tert-OH is 1. The molecule has 0 amide bonds. The van der Waals surface area contributed by atoms with Crippen molar-refractivity contribution in [1.82, 2.24) is 0 Å². The van der Waals surface area contributed by atoms with Gasteiger partial charge in [0.15, 0.2) is 0 Å². The maximum absolute atomic E-state index is 14.2. The van der Waals surface area contributed by atoms with Crippen molar-refractivity contribution in [3.8, 4) is 0 Å². The lowest BCUT2D eigenvalue weighted by molar-refractivity contribution is 0.199. The largest absolute Gasteiger partial charge is 0.389 e. The first kappa shape index (κ1) is 13.1. The second-order valence-corrected chi connectivity index (χ2v) is 5.33. The summed E-state index contributed by atoms with van der Waals surface area (Å²) >= 11 is 0. The number of aliphatic hydroxyl groups is 1. The SMILES string of the molecule is C[C@H](O)c1ccc(N2CCc3ccccc3C2)c(F)c1. The molecule has 2 aromatic carbocycles. The minimum absolute atomic E-state index is 0.261. The summed E-state index contributed by atoms with van der Waals surface area (Å²) in [5.74, 6) is -0.261. The Balaban J connectivity index is 1.88. The molecule has 0 aliphatic carbocycles. The van der Waals surface area contributed by atoms with Crippen molar-refractivity contribution in [2.24, 2.45) is 0 Å². The van der Waals surface area contributed by atoms with E-state index in [4.69, 9.17) is 0 Å². The Morgan fingerprint density at radius 1 is 1.15 bits per heavy atom. The van der Waals surface area contributed by atoms with Gasteiger partial charge in [0.05, 0.1) is 11.8 Å². The maximum atomic E-state index is 14.2. The first-order valence-electron chi connectivity index (χ1n) is 6.94. The molecule has 0 bridgehead atoms. The van der Waals surface area contributed by atoms with Crippen molar-refractivity contribution in [2.45, 2.75) is 26.0 Å². The number of anilines is 1. The number of nitrogens with zero attached hydrogens (tertiary/aromatic N) is 1. The van der Waals surface area contributed by atoms with E-state index >= 15 is 0 Å². The molecule has 1 atom stereocenters. The summed E-state index contributed by atoms with van der Waals surface area (Å²) in [6.07, 6.45) is 0.300. The molecule has 0 spiro atoms. The van der Waals surface area contributed by atoms with E-state index in [1.54, 1.807) is 19.1 Å². The van der Waals surface area contributed by atoms with Crippen LogP contribution in [-0.4, -0.2) is 11.7 Å². The van der Waals surface area contributed by atoms with E-state index in [1.165, 1.54) is 17.2 Å². The van der Waals surface area contributed by atoms with Crippen LogP contribution in [0.3, 0.4) is 0 Å². The molecule has 2 aromatic rings. The summed E-state index contributed by atoms with van der Waals surface area (Å²) in [6.45, 7) is 3.20. The molecule has 0 fully saturated rings. The van der Waals surface area contributed by atoms with Crippen LogP contribution >= 0.6 is 0 Å². The highest BCUT2D eigenvalue weighted by atomic mass is 19.1. The van der Waals surface area contributed by atoms with E-state index in [0.29, 0.717) is 11.3 Å². The van der Waals surface area contributed by atoms with Crippen LogP contribution in [0.5, 0.6) is 0 Å². The molecular weight excluding hydrogens is 253 g/mol. The van der Waals surface area contributed by atoms with Crippen molar-refractivity contribution in [2.75, 3.05) is 11.4 Å². The standard InChI is InChI=1S/C17H18FNO/c1-12(20)14-6-7-17(16(18)10-14)19-9-8-13-4-2-3-5-15(13)11-19/h2-7,10,12,20H,8-9,11H2,1H3/t12-/m0/s1. The van der Waals surface area contributed by atoms with Crippen molar-refractivity contribution in [3.05, 3.63) is 65.0 Å². The first-order valence-corrected chi connectivity index (χ1v) is 6.94. The van der Waals surface area contributed by atoms with Crippen LogP contribution in [0.15, 0.2) is 42.5 Å². The smallest absolute Gasteiger partial charge is 0.146 e. The van der Waals surface area contributed by atoms with Crippen molar-refractivity contribution >= 4 is 5.69 Å². The normalized spacial score (nSPS) is 15.8. The fourth-order valence-electron chi connectivity index (χ4n) is 2.74. The summed E-state index contributed by atoms with van der Waals surface area (Å²) < 4.78 is 14.2. The molecule has 1 aliphatic rings. The van der Waals surface area contributed by atoms with Gasteiger partial charge in [-0.25, -0.2) is 4.39 Å². The topological polar surface area (TPSA) is 23.5 Å². The van der Waals surface area contributed by atoms with Crippen LogP contribution in [0.4, 0.5) is 10.1 Å². The van der Waals surface area contributed by atoms with Gasteiger partial charge in [0.25, 0.3) is 0 Å². The highest BCUT2D eigenvalue weighted by Crippen LogP contribution is 2.28. The van der Waals surface area contributed by atoms with Gasteiger partial charge in [0.1, 0.15) is 5.82 Å². The van der Waals surface area contributed by atoms with Crippen LogP contribution < -0.4 is 4.90 Å². The molecule has 3 heteroatoms. The van der Waals surface area contributed by atoms with E-state index in [0.717, 1.165) is 19.5 Å². The van der Waals surface area contributed by atoms with E-state index in [1.807, 2.05) is 12.1 Å². The first-order chi connectivity index (χ1) is 9.65. The van der Waals surface area contributed by atoms with Gasteiger partial charge in [-0.3, -0.25) is 0 Å². The second kappa shape index (κ2) is 5.25. The van der Waals surface area contributed by atoms with Gasteiger partial charge in [0.2, 0.25) is 0 Å². The molecule has 104 valence electrons. The van der Waals surface area contributed by atoms with Gasteiger partial charge in [-0.1, -0.05) is 30.3 Å². The molecule has 20 heavy (non-hydrogen) atoms. The highest BCUT2D eigenvalue weighted by molar-refractivity contribution is 5.52. The maximum Gasteiger partial charge on any atom is 0.146 e. The van der Waals surface area contributed by atoms with E-state index in [9.17, 15) is 9.50 Å². The Labute approximate surface area is 118 Å². The third-order valence-corrected chi connectivity index (χ3v) is 3.93. The number of hydrogen-bond donors (Lipinski definition) is 1. The summed E-state index contributed by atoms with van der Waals surface area (Å²) in [7, 11) is 0. The molecule has 1 N–H and O–H groups in total. The fraction of sp³-hybridized carbons (Fsp3) is 0.294. The molecule has 2 nitrogen and oxygen atoms in total. The number of halogens is 1. The van der Waals surface area contributed by atoms with Gasteiger partial charge in [-0.05, 0) is 42.2 Å². The Bertz CT molecular complexity index is 624. The Hall–Kier alpha value is -1.87. The van der Waals surface area contributed by atoms with Gasteiger partial charge in [0, 0.05) is 13.1 Å². The highest BCUT2D eigenvalue weighted by Gasteiger charge is 2.19. The van der Waals surface area contributed by atoms with Gasteiger partial charge in [-0.15, -0.1) is 0 Å². The van der Waals surface area contributed by atoms with E-state index in [-0.39, 0.29) is 5.82 Å². The Kier molecular flexibility index (Phi) is 3.45. The van der Waals surface area contributed by atoms with Crippen molar-refractivity contribution in [3.63, 3.8) is 0 Å². The molecule has 0 radical (unpaired) electrons. The van der Waals surface area contributed by atoms with Crippen LogP contribution in [0.25, 0.3) is 0 Å². The number of benzene rings is 2. The number of fused-ring (bicyclic) bond motifs is 1. The third kappa shape index (κ3) is 2.41. The van der Waals surface area contributed by atoms with Gasteiger partial charge < -0.3 is 10.0 Å². The van der Waals surface area contributed by atoms with Crippen molar-refractivity contribution < 1.29 is 9.50 Å². The third-order valence-electron chi connectivity index (χ3n) is 3.93. The zero-order valence-corrected chi connectivity index (χ0v) is 11.5. The summed E-state index contributed by atoms with van der Waals surface area (Å²) in [4.78, 5) is 2.06. The summed E-state index contributed by atoms with van der Waals surface area (Å²) in [6, 6.07) is 13.3. The minimum atomic E-state index is -0.638. The van der Waals surface area contributed by atoms with Gasteiger partial charge in [-0.2, -0.15) is 0 Å². The molecule has 3 rings (SSSR count). The predicted octanol–water partition coefficient (Wildman–Crippen LogP) is 3.44. The zero-order valence-electron chi connectivity index (χ0n) is 11.5. The Morgan fingerprint density at radius 3 is 2.60 bits per heavy atom. The van der Waals surface area contributed by atoms with Gasteiger partial charge >= 0.3 is 0 Å². The number of hydrogen-bond acceptors (Lipinski definition) is 2. The van der Waals surface area contributed by atoms with Crippen LogP contribution in [-0.2, 0) is 13.0 Å². The summed E-state index contributed by atoms with van der Waals surface area (Å²) in [5.41, 5.74) is 3.84. The predicted molar refractivity (Wildman–Crippen MR) is 78.2 cm³/mol. The van der Waals surface area contributed by atoms with E-state index in [2.05, 4.69) is 17.0 Å². The molecule has 1 aliphatic heterocycles. The molecule has 0 unspecified atom stereocenters. The van der Waals surface area contributed by atoms with Crippen LogP contribution in [0.1, 0.15) is 29.7 Å². The number of rotatable bonds is 2. The minimum Gasteiger partial charge on any atom is -0.389 e. The van der Waals surface area contributed by atoms with Crippen molar-refractivity contribution in [1.29, 1.82) is 0 Å². The Morgan fingerprint density at radius 2 is 1.90 bits per heavy atom. The monoisotopic (exact) mass is 271 g/mol. The second-order valence-electron chi connectivity index (χ2n) is 5.33. The lowest BCUT2D eigenvalue weighted by Gasteiger charge is -2.31. The molecule has 0 aromatic heterocycles. The summed E-state index contributed by atoms with van der Waals surface area (Å²) in [5, 5.41) is 9.50. The molecular formula is C17H18FNO. The lowest BCUT2D eigenvalue weighted by atomic mass is 9.99. The lowest BCUT2D eigenvalue weighted by Crippen LogP contribution is -2.31. The zero-order chi connectivity index (χ0) is 14.1. The molecule has 1 heterocycles. The average molecular weight is 271 g/mol. The van der Waals surface area contributed by atoms with E-state index < -0.39 is 6.10 Å². The molecule has 0 saturated heterocycles. The average Bonchev–Trinajstić information content (AvgIpc) is 2.46. The quantitative estimate of drug-likeness (QED) is 0.904.